The molecular weight excluding hydrogens is 180 g/mol. The van der Waals surface area contributed by atoms with Crippen molar-refractivity contribution in [3.8, 4) is 0 Å². The highest BCUT2D eigenvalue weighted by atomic mass is 32.1. The van der Waals surface area contributed by atoms with Gasteiger partial charge in [0.25, 0.3) is 0 Å². The van der Waals surface area contributed by atoms with E-state index in [2.05, 4.69) is 17.3 Å². The smallest absolute Gasteiger partial charge is 0.0794 e. The van der Waals surface area contributed by atoms with Gasteiger partial charge in [-0.05, 0) is 38.6 Å². The summed E-state index contributed by atoms with van der Waals surface area (Å²) in [7, 11) is 2.07. The van der Waals surface area contributed by atoms with Crippen molar-refractivity contribution >= 4 is 11.3 Å². The van der Waals surface area contributed by atoms with Crippen molar-refractivity contribution in [3.63, 3.8) is 0 Å². The minimum absolute atomic E-state index is 0.762. The molecule has 0 saturated heterocycles. The number of hydrogen-bond donors (Lipinski definition) is 1. The van der Waals surface area contributed by atoms with Crippen LogP contribution in [0.25, 0.3) is 0 Å². The second kappa shape index (κ2) is 4.20. The zero-order chi connectivity index (χ0) is 9.10. The average Bonchev–Trinajstić information content (AvgIpc) is 2.76. The van der Waals surface area contributed by atoms with Gasteiger partial charge in [-0.1, -0.05) is 0 Å². The molecule has 3 heteroatoms. The molecule has 2 rings (SSSR count). The number of thiazole rings is 1. The van der Waals surface area contributed by atoms with E-state index < -0.39 is 0 Å². The Morgan fingerprint density at radius 1 is 1.62 bits per heavy atom. The summed E-state index contributed by atoms with van der Waals surface area (Å²) in [4.78, 5) is 5.55. The Balaban J connectivity index is 1.84. The molecule has 1 aliphatic carbocycles. The SMILES string of the molecule is CNC1CCC(Cc2cncs2)C1. The normalized spacial score (nSPS) is 28.1. The zero-order valence-corrected chi connectivity index (χ0v) is 8.81. The fourth-order valence-electron chi connectivity index (χ4n) is 2.15. The van der Waals surface area contributed by atoms with Gasteiger partial charge < -0.3 is 5.32 Å². The Kier molecular flexibility index (Phi) is 2.96. The van der Waals surface area contributed by atoms with Crippen LogP contribution in [0.3, 0.4) is 0 Å². The lowest BCUT2D eigenvalue weighted by Gasteiger charge is -2.08. The molecule has 0 aromatic carbocycles. The van der Waals surface area contributed by atoms with Gasteiger partial charge >= 0.3 is 0 Å². The quantitative estimate of drug-likeness (QED) is 0.800. The summed E-state index contributed by atoms with van der Waals surface area (Å²) in [5.41, 5.74) is 1.93. The van der Waals surface area contributed by atoms with Gasteiger partial charge in [0.05, 0.1) is 5.51 Å². The summed E-state index contributed by atoms with van der Waals surface area (Å²) in [6, 6.07) is 0.762. The van der Waals surface area contributed by atoms with Crippen molar-refractivity contribution in [2.75, 3.05) is 7.05 Å². The largest absolute Gasteiger partial charge is 0.317 e. The van der Waals surface area contributed by atoms with E-state index in [4.69, 9.17) is 0 Å². The van der Waals surface area contributed by atoms with Crippen LogP contribution in [0.1, 0.15) is 24.1 Å². The van der Waals surface area contributed by atoms with E-state index in [0.717, 1.165) is 12.0 Å². The van der Waals surface area contributed by atoms with Gasteiger partial charge in [0.1, 0.15) is 0 Å². The van der Waals surface area contributed by atoms with Crippen LogP contribution < -0.4 is 5.32 Å². The minimum atomic E-state index is 0.762. The van der Waals surface area contributed by atoms with Gasteiger partial charge in [-0.25, -0.2) is 0 Å². The standard InChI is InChI=1S/C10H16N2S/c1-11-9-3-2-8(4-9)5-10-6-12-7-13-10/h6-9,11H,2-5H2,1H3. The molecule has 13 heavy (non-hydrogen) atoms. The Morgan fingerprint density at radius 2 is 2.54 bits per heavy atom. The van der Waals surface area contributed by atoms with Gasteiger partial charge in [-0.15, -0.1) is 11.3 Å². The van der Waals surface area contributed by atoms with Crippen LogP contribution in [0.15, 0.2) is 11.7 Å². The monoisotopic (exact) mass is 196 g/mol. The second-order valence-electron chi connectivity index (χ2n) is 3.84. The summed E-state index contributed by atoms with van der Waals surface area (Å²) in [6.45, 7) is 0. The maximum Gasteiger partial charge on any atom is 0.0794 e. The van der Waals surface area contributed by atoms with Crippen LogP contribution in [0.2, 0.25) is 0 Å². The predicted molar refractivity (Wildman–Crippen MR) is 56.0 cm³/mol. The van der Waals surface area contributed by atoms with Gasteiger partial charge in [-0.3, -0.25) is 4.98 Å². The Hall–Kier alpha value is -0.410. The number of nitrogens with zero attached hydrogens (tertiary/aromatic N) is 1. The van der Waals surface area contributed by atoms with Crippen LogP contribution in [0.5, 0.6) is 0 Å². The topological polar surface area (TPSA) is 24.9 Å². The first-order valence-electron chi connectivity index (χ1n) is 4.93. The van der Waals surface area contributed by atoms with Crippen LogP contribution in [-0.2, 0) is 6.42 Å². The zero-order valence-electron chi connectivity index (χ0n) is 7.99. The highest BCUT2D eigenvalue weighted by Crippen LogP contribution is 2.29. The van der Waals surface area contributed by atoms with Crippen molar-refractivity contribution in [1.82, 2.24) is 10.3 Å². The molecule has 1 aliphatic rings. The fourth-order valence-corrected chi connectivity index (χ4v) is 2.86. The lowest BCUT2D eigenvalue weighted by molar-refractivity contribution is 0.512. The first-order chi connectivity index (χ1) is 6.38. The van der Waals surface area contributed by atoms with E-state index in [-0.39, 0.29) is 0 Å². The molecule has 1 saturated carbocycles. The molecule has 1 aromatic heterocycles. The summed E-state index contributed by atoms with van der Waals surface area (Å²) < 4.78 is 0. The third-order valence-electron chi connectivity index (χ3n) is 2.92. The Bertz CT molecular complexity index is 245. The van der Waals surface area contributed by atoms with E-state index in [1.165, 1.54) is 30.6 Å². The van der Waals surface area contributed by atoms with Gasteiger partial charge in [-0.2, -0.15) is 0 Å². The first-order valence-corrected chi connectivity index (χ1v) is 5.81. The lowest BCUT2D eigenvalue weighted by atomic mass is 10.0. The van der Waals surface area contributed by atoms with E-state index in [0.29, 0.717) is 0 Å². The molecule has 0 aliphatic heterocycles. The molecule has 0 spiro atoms. The summed E-state index contributed by atoms with van der Waals surface area (Å²) >= 11 is 1.79. The van der Waals surface area contributed by atoms with Crippen LogP contribution in [-0.4, -0.2) is 18.1 Å². The predicted octanol–water partition coefficient (Wildman–Crippen LogP) is 2.07. The highest BCUT2D eigenvalue weighted by Gasteiger charge is 2.23. The summed E-state index contributed by atoms with van der Waals surface area (Å²) in [5.74, 6) is 0.887. The van der Waals surface area contributed by atoms with E-state index >= 15 is 0 Å². The molecule has 1 aromatic rings. The van der Waals surface area contributed by atoms with Gasteiger partial charge in [0.15, 0.2) is 0 Å². The maximum atomic E-state index is 4.11. The van der Waals surface area contributed by atoms with E-state index in [9.17, 15) is 0 Å². The van der Waals surface area contributed by atoms with Gasteiger partial charge in [0.2, 0.25) is 0 Å². The molecule has 1 N–H and O–H groups in total. The number of rotatable bonds is 3. The molecule has 2 atom stereocenters. The Morgan fingerprint density at radius 3 is 3.15 bits per heavy atom. The van der Waals surface area contributed by atoms with Crippen LogP contribution in [0, 0.1) is 5.92 Å². The van der Waals surface area contributed by atoms with Crippen molar-refractivity contribution < 1.29 is 0 Å². The molecule has 2 unspecified atom stereocenters. The molecule has 72 valence electrons. The fraction of sp³-hybridized carbons (Fsp3) is 0.700. The number of hydrogen-bond acceptors (Lipinski definition) is 3. The highest BCUT2D eigenvalue weighted by molar-refractivity contribution is 7.09. The average molecular weight is 196 g/mol. The Labute approximate surface area is 83.4 Å². The lowest BCUT2D eigenvalue weighted by Crippen LogP contribution is -2.21. The molecule has 0 amide bonds. The summed E-state index contributed by atoms with van der Waals surface area (Å²) in [6.07, 6.45) is 7.32. The molecule has 1 fully saturated rings. The third-order valence-corrected chi connectivity index (χ3v) is 3.72. The van der Waals surface area contributed by atoms with Crippen molar-refractivity contribution in [2.24, 2.45) is 5.92 Å². The van der Waals surface area contributed by atoms with E-state index in [1.54, 1.807) is 11.3 Å². The van der Waals surface area contributed by atoms with Crippen molar-refractivity contribution in [1.29, 1.82) is 0 Å². The molecular formula is C10H16N2S. The number of aromatic nitrogens is 1. The molecule has 2 nitrogen and oxygen atoms in total. The third kappa shape index (κ3) is 2.29. The first kappa shape index (κ1) is 9.16. The van der Waals surface area contributed by atoms with Crippen molar-refractivity contribution in [2.45, 2.75) is 31.7 Å². The van der Waals surface area contributed by atoms with Gasteiger partial charge in [0, 0.05) is 17.1 Å². The molecule has 0 bridgehead atoms. The molecule has 0 radical (unpaired) electrons. The van der Waals surface area contributed by atoms with Crippen molar-refractivity contribution in [3.05, 3.63) is 16.6 Å². The van der Waals surface area contributed by atoms with E-state index in [1.807, 2.05) is 11.7 Å². The number of nitrogens with one attached hydrogen (secondary N) is 1. The minimum Gasteiger partial charge on any atom is -0.317 e. The van der Waals surface area contributed by atoms with Crippen LogP contribution >= 0.6 is 11.3 Å². The summed E-state index contributed by atoms with van der Waals surface area (Å²) in [5, 5.41) is 3.36. The van der Waals surface area contributed by atoms with Crippen LogP contribution in [0.4, 0.5) is 0 Å². The molecule has 1 heterocycles. The maximum absolute atomic E-state index is 4.11. The second-order valence-corrected chi connectivity index (χ2v) is 4.81.